The second kappa shape index (κ2) is 10.8. The molecule has 2 aromatic carbocycles. The number of amides is 1. The van der Waals surface area contributed by atoms with Crippen molar-refractivity contribution in [1.29, 1.82) is 0 Å². The summed E-state index contributed by atoms with van der Waals surface area (Å²) in [6, 6.07) is 16.1. The van der Waals surface area contributed by atoms with E-state index in [4.69, 9.17) is 4.74 Å². The summed E-state index contributed by atoms with van der Waals surface area (Å²) in [5.41, 5.74) is 2.71. The summed E-state index contributed by atoms with van der Waals surface area (Å²) in [5.74, 6) is -0.865. The van der Waals surface area contributed by atoms with Crippen LogP contribution < -0.4 is 4.74 Å². The second-order valence-electron chi connectivity index (χ2n) is 8.68. The summed E-state index contributed by atoms with van der Waals surface area (Å²) in [4.78, 5) is 30.3. The highest BCUT2D eigenvalue weighted by molar-refractivity contribution is 6.46. The Labute approximate surface area is 211 Å². The number of aromatic nitrogens is 2. The van der Waals surface area contributed by atoms with E-state index in [1.807, 2.05) is 49.4 Å². The SMILES string of the molecule is CCN(CC)CCN1C(=O)C(=O)C(=C(O)c2cnn(-c3ccccc3)c2C)C1c1ccc(OC)cc1. The van der Waals surface area contributed by atoms with E-state index in [1.54, 1.807) is 28.8 Å². The van der Waals surface area contributed by atoms with Crippen LogP contribution >= 0.6 is 0 Å². The van der Waals surface area contributed by atoms with E-state index < -0.39 is 17.7 Å². The van der Waals surface area contributed by atoms with E-state index in [0.29, 0.717) is 30.1 Å². The minimum Gasteiger partial charge on any atom is -0.507 e. The van der Waals surface area contributed by atoms with Gasteiger partial charge in [0, 0.05) is 13.1 Å². The second-order valence-corrected chi connectivity index (χ2v) is 8.68. The average Bonchev–Trinajstić information content (AvgIpc) is 3.42. The molecule has 1 atom stereocenters. The highest BCUT2D eigenvalue weighted by atomic mass is 16.5. The van der Waals surface area contributed by atoms with Crippen molar-refractivity contribution in [3.63, 3.8) is 0 Å². The Morgan fingerprint density at radius 2 is 1.72 bits per heavy atom. The standard InChI is InChI=1S/C28H32N4O4/c1-5-30(6-2)16-17-31-25(20-12-14-22(36-4)15-13-20)24(27(34)28(31)35)26(33)23-18-29-32(19(23)3)21-10-8-7-9-11-21/h7-15,18,25,33H,5-6,16-17H2,1-4H3. The lowest BCUT2D eigenvalue weighted by Gasteiger charge is -2.28. The van der Waals surface area contributed by atoms with Crippen molar-refractivity contribution in [3.05, 3.63) is 83.2 Å². The van der Waals surface area contributed by atoms with E-state index in [9.17, 15) is 14.7 Å². The molecule has 0 saturated carbocycles. The number of benzene rings is 2. The van der Waals surface area contributed by atoms with E-state index in [2.05, 4.69) is 23.8 Å². The number of nitrogens with zero attached hydrogens (tertiary/aromatic N) is 4. The molecule has 1 saturated heterocycles. The van der Waals surface area contributed by atoms with Crippen LogP contribution in [0, 0.1) is 6.92 Å². The van der Waals surface area contributed by atoms with Crippen molar-refractivity contribution in [2.24, 2.45) is 0 Å². The molecule has 188 valence electrons. The van der Waals surface area contributed by atoms with Crippen molar-refractivity contribution in [3.8, 4) is 11.4 Å². The fourth-order valence-electron chi connectivity index (χ4n) is 4.65. The summed E-state index contributed by atoms with van der Waals surface area (Å²) in [6.45, 7) is 8.61. The lowest BCUT2D eigenvalue weighted by atomic mass is 9.95. The Morgan fingerprint density at radius 3 is 2.33 bits per heavy atom. The number of para-hydroxylation sites is 1. The first-order valence-corrected chi connectivity index (χ1v) is 12.2. The molecule has 0 spiro atoms. The van der Waals surface area contributed by atoms with Gasteiger partial charge in [-0.2, -0.15) is 5.10 Å². The van der Waals surface area contributed by atoms with Gasteiger partial charge in [-0.1, -0.05) is 44.2 Å². The van der Waals surface area contributed by atoms with Gasteiger partial charge in [-0.05, 0) is 49.8 Å². The fourth-order valence-corrected chi connectivity index (χ4v) is 4.65. The third kappa shape index (κ3) is 4.64. The van der Waals surface area contributed by atoms with Gasteiger partial charge in [0.25, 0.3) is 11.7 Å². The number of carbonyl (C=O) groups is 2. The predicted octanol–water partition coefficient (Wildman–Crippen LogP) is 3.95. The van der Waals surface area contributed by atoms with E-state index in [0.717, 1.165) is 24.3 Å². The lowest BCUT2D eigenvalue weighted by Crippen LogP contribution is -2.38. The molecule has 36 heavy (non-hydrogen) atoms. The number of ketones is 1. The normalized spacial score (nSPS) is 17.2. The van der Waals surface area contributed by atoms with Crippen molar-refractivity contribution in [2.75, 3.05) is 33.3 Å². The van der Waals surface area contributed by atoms with Gasteiger partial charge in [0.2, 0.25) is 0 Å². The first-order valence-electron chi connectivity index (χ1n) is 12.2. The minimum absolute atomic E-state index is 0.0698. The maximum atomic E-state index is 13.3. The van der Waals surface area contributed by atoms with Crippen LogP contribution in [0.3, 0.4) is 0 Å². The van der Waals surface area contributed by atoms with Gasteiger partial charge in [0.05, 0.1) is 41.9 Å². The number of rotatable bonds is 9. The van der Waals surface area contributed by atoms with Crippen LogP contribution in [0.5, 0.6) is 5.75 Å². The number of Topliss-reactive ketones (excluding diaryl/α,β-unsaturated/α-hetero) is 1. The number of hydrogen-bond acceptors (Lipinski definition) is 6. The summed E-state index contributed by atoms with van der Waals surface area (Å²) < 4.78 is 6.99. The molecular weight excluding hydrogens is 456 g/mol. The molecular formula is C28H32N4O4. The van der Waals surface area contributed by atoms with Gasteiger partial charge >= 0.3 is 0 Å². The smallest absolute Gasteiger partial charge is 0.295 e. The average molecular weight is 489 g/mol. The molecule has 1 unspecified atom stereocenters. The first kappa shape index (κ1) is 25.2. The largest absolute Gasteiger partial charge is 0.507 e. The van der Waals surface area contributed by atoms with Crippen molar-refractivity contribution in [2.45, 2.75) is 26.8 Å². The molecule has 3 aromatic rings. The fraction of sp³-hybridized carbons (Fsp3) is 0.321. The van der Waals surface area contributed by atoms with Gasteiger partial charge in [-0.15, -0.1) is 0 Å². The van der Waals surface area contributed by atoms with Crippen LogP contribution in [-0.4, -0.2) is 69.7 Å². The van der Waals surface area contributed by atoms with E-state index in [1.165, 1.54) is 6.20 Å². The zero-order valence-electron chi connectivity index (χ0n) is 21.1. The molecule has 1 aliphatic rings. The van der Waals surface area contributed by atoms with Crippen molar-refractivity contribution >= 4 is 17.4 Å². The quantitative estimate of drug-likeness (QED) is 0.279. The molecule has 8 heteroatoms. The molecule has 1 N–H and O–H groups in total. The Balaban J connectivity index is 1.81. The Kier molecular flexibility index (Phi) is 7.55. The molecule has 8 nitrogen and oxygen atoms in total. The van der Waals surface area contributed by atoms with Crippen molar-refractivity contribution < 1.29 is 19.4 Å². The number of aliphatic hydroxyl groups is 1. The number of likely N-dealkylation sites (N-methyl/N-ethyl adjacent to an activating group) is 1. The monoisotopic (exact) mass is 488 g/mol. The number of methoxy groups -OCH3 is 1. The third-order valence-corrected chi connectivity index (χ3v) is 6.79. The Bertz CT molecular complexity index is 1260. The molecule has 0 bridgehead atoms. The van der Waals surface area contributed by atoms with Gasteiger partial charge in [-0.25, -0.2) is 4.68 Å². The minimum atomic E-state index is -0.717. The highest BCUT2D eigenvalue weighted by Gasteiger charge is 2.46. The topological polar surface area (TPSA) is 87.9 Å². The van der Waals surface area contributed by atoms with Crippen LogP contribution in [0.1, 0.15) is 36.7 Å². The zero-order valence-corrected chi connectivity index (χ0v) is 21.1. The number of likely N-dealkylation sites (tertiary alicyclic amines) is 1. The molecule has 1 aromatic heterocycles. The maximum Gasteiger partial charge on any atom is 0.295 e. The van der Waals surface area contributed by atoms with Crippen LogP contribution in [-0.2, 0) is 9.59 Å². The van der Waals surface area contributed by atoms with Gasteiger partial charge in [0.15, 0.2) is 0 Å². The Morgan fingerprint density at radius 1 is 1.06 bits per heavy atom. The van der Waals surface area contributed by atoms with Gasteiger partial charge < -0.3 is 19.6 Å². The summed E-state index contributed by atoms with van der Waals surface area (Å²) >= 11 is 0. The van der Waals surface area contributed by atoms with Crippen LogP contribution in [0.25, 0.3) is 11.4 Å². The maximum absolute atomic E-state index is 13.3. The predicted molar refractivity (Wildman–Crippen MR) is 138 cm³/mol. The summed E-state index contributed by atoms with van der Waals surface area (Å²) in [6.07, 6.45) is 1.53. The van der Waals surface area contributed by atoms with Crippen LogP contribution in [0.15, 0.2) is 66.4 Å². The number of carbonyl (C=O) groups excluding carboxylic acids is 2. The molecule has 0 radical (unpaired) electrons. The van der Waals surface area contributed by atoms with Crippen LogP contribution in [0.2, 0.25) is 0 Å². The van der Waals surface area contributed by atoms with Gasteiger partial charge in [0.1, 0.15) is 11.5 Å². The molecule has 1 aliphatic heterocycles. The highest BCUT2D eigenvalue weighted by Crippen LogP contribution is 2.40. The first-order chi connectivity index (χ1) is 17.4. The molecule has 0 aliphatic carbocycles. The number of ether oxygens (including phenoxy) is 1. The molecule has 1 amide bonds. The number of aliphatic hydroxyl groups excluding tert-OH is 1. The van der Waals surface area contributed by atoms with E-state index in [-0.39, 0.29) is 11.3 Å². The van der Waals surface area contributed by atoms with E-state index >= 15 is 0 Å². The summed E-state index contributed by atoms with van der Waals surface area (Å²) in [5, 5.41) is 15.9. The zero-order chi connectivity index (χ0) is 25.8. The number of hydrogen-bond donors (Lipinski definition) is 1. The molecule has 1 fully saturated rings. The van der Waals surface area contributed by atoms with Crippen molar-refractivity contribution in [1.82, 2.24) is 19.6 Å². The summed E-state index contributed by atoms with van der Waals surface area (Å²) in [7, 11) is 1.58. The third-order valence-electron chi connectivity index (χ3n) is 6.79. The molecule has 2 heterocycles. The molecule has 4 rings (SSSR count). The Hall–Kier alpha value is -3.91. The van der Waals surface area contributed by atoms with Gasteiger partial charge in [-0.3, -0.25) is 9.59 Å². The van der Waals surface area contributed by atoms with Crippen LogP contribution in [0.4, 0.5) is 0 Å². The lowest BCUT2D eigenvalue weighted by molar-refractivity contribution is -0.140.